The van der Waals surface area contributed by atoms with Crippen LogP contribution in [0.15, 0.2) is 40.8 Å². The van der Waals surface area contributed by atoms with Crippen molar-refractivity contribution in [3.8, 4) is 10.8 Å². The predicted octanol–water partition coefficient (Wildman–Crippen LogP) is 3.67. The van der Waals surface area contributed by atoms with Crippen LogP contribution in [0.3, 0.4) is 0 Å². The molecule has 1 aliphatic heterocycles. The number of para-hydroxylation sites is 1. The minimum atomic E-state index is -0.258. The van der Waals surface area contributed by atoms with E-state index in [-0.39, 0.29) is 11.8 Å². The summed E-state index contributed by atoms with van der Waals surface area (Å²) in [5.41, 5.74) is 6.15. The number of benzene rings is 1. The van der Waals surface area contributed by atoms with E-state index in [1.165, 1.54) is 0 Å². The minimum Gasteiger partial charge on any atom is -0.448 e. The molecule has 3 aromatic rings. The smallest absolute Gasteiger partial charge is 0.289 e. The topological polar surface area (TPSA) is 89.4 Å². The Morgan fingerprint density at radius 3 is 2.70 bits per heavy atom. The van der Waals surface area contributed by atoms with Gasteiger partial charge in [-0.05, 0) is 49.4 Å². The third-order valence-electron chi connectivity index (χ3n) is 5.02. The highest BCUT2D eigenvalue weighted by Gasteiger charge is 2.26. The predicted molar refractivity (Wildman–Crippen MR) is 104 cm³/mol. The lowest BCUT2D eigenvalue weighted by molar-refractivity contribution is -0.118. The maximum absolute atomic E-state index is 12.7. The first-order valence-corrected chi connectivity index (χ1v) is 9.95. The van der Waals surface area contributed by atoms with Crippen molar-refractivity contribution in [1.82, 2.24) is 9.88 Å². The van der Waals surface area contributed by atoms with Gasteiger partial charge in [0.25, 0.3) is 5.91 Å². The first-order valence-electron chi connectivity index (χ1n) is 9.13. The number of primary amides is 1. The molecule has 0 atom stereocenters. The third kappa shape index (κ3) is 3.88. The third-order valence-corrected chi connectivity index (χ3v) is 6.07. The second kappa shape index (κ2) is 7.52. The first kappa shape index (κ1) is 17.7. The van der Waals surface area contributed by atoms with Gasteiger partial charge in [-0.1, -0.05) is 12.1 Å². The number of fused-ring (bicyclic) bond motifs is 1. The van der Waals surface area contributed by atoms with Crippen LogP contribution >= 0.6 is 11.3 Å². The molecule has 0 radical (unpaired) electrons. The molecule has 1 aliphatic rings. The molecule has 6 nitrogen and oxygen atoms in total. The molecule has 3 heterocycles. The SMILES string of the molecule is NC(=O)CCC1CCN(C(=O)c2ccc(-c3nc4ccccc4s3)o2)CC1. The number of rotatable bonds is 5. The fourth-order valence-electron chi connectivity index (χ4n) is 3.47. The van der Waals surface area contributed by atoms with Gasteiger partial charge in [-0.25, -0.2) is 4.98 Å². The highest BCUT2D eigenvalue weighted by atomic mass is 32.1. The van der Waals surface area contributed by atoms with Crippen LogP contribution in [-0.2, 0) is 4.79 Å². The van der Waals surface area contributed by atoms with E-state index in [0.29, 0.717) is 36.9 Å². The molecule has 7 heteroatoms. The van der Waals surface area contributed by atoms with Gasteiger partial charge in [-0.15, -0.1) is 11.3 Å². The zero-order valence-electron chi connectivity index (χ0n) is 14.9. The number of amides is 2. The maximum Gasteiger partial charge on any atom is 0.289 e. The number of carbonyl (C=O) groups excluding carboxylic acids is 2. The van der Waals surface area contributed by atoms with Gasteiger partial charge in [0.2, 0.25) is 5.91 Å². The summed E-state index contributed by atoms with van der Waals surface area (Å²) in [5, 5.41) is 0.778. The Balaban J connectivity index is 1.41. The van der Waals surface area contributed by atoms with E-state index in [1.54, 1.807) is 17.4 Å². The van der Waals surface area contributed by atoms with Crippen molar-refractivity contribution in [3.63, 3.8) is 0 Å². The van der Waals surface area contributed by atoms with Crippen molar-refractivity contribution >= 4 is 33.4 Å². The lowest BCUT2D eigenvalue weighted by atomic mass is 9.92. The molecule has 1 aromatic carbocycles. The lowest BCUT2D eigenvalue weighted by Gasteiger charge is -2.31. The van der Waals surface area contributed by atoms with E-state index < -0.39 is 0 Å². The summed E-state index contributed by atoms with van der Waals surface area (Å²) >= 11 is 1.55. The fourth-order valence-corrected chi connectivity index (χ4v) is 4.40. The van der Waals surface area contributed by atoms with Gasteiger partial charge in [0, 0.05) is 19.5 Å². The molecule has 0 unspecified atom stereocenters. The standard InChI is InChI=1S/C20H21N3O3S/c21-18(24)8-5-13-9-11-23(12-10-13)20(25)16-7-6-15(26-16)19-22-14-3-1-2-4-17(14)27-19/h1-4,6-7,13H,5,8-12H2,(H2,21,24). The van der Waals surface area contributed by atoms with Crippen LogP contribution in [0.4, 0.5) is 0 Å². The molecule has 2 aromatic heterocycles. The van der Waals surface area contributed by atoms with E-state index in [2.05, 4.69) is 4.98 Å². The zero-order chi connectivity index (χ0) is 18.8. The zero-order valence-corrected chi connectivity index (χ0v) is 15.7. The monoisotopic (exact) mass is 383 g/mol. The van der Waals surface area contributed by atoms with Crippen molar-refractivity contribution in [1.29, 1.82) is 0 Å². The Labute approximate surface area is 161 Å². The second-order valence-corrected chi connectivity index (χ2v) is 7.92. The Bertz CT molecular complexity index is 937. The van der Waals surface area contributed by atoms with E-state index >= 15 is 0 Å². The van der Waals surface area contributed by atoms with Crippen LogP contribution in [0.25, 0.3) is 21.0 Å². The van der Waals surface area contributed by atoms with Crippen molar-refractivity contribution in [2.45, 2.75) is 25.7 Å². The summed E-state index contributed by atoms with van der Waals surface area (Å²) < 4.78 is 6.91. The van der Waals surface area contributed by atoms with Gasteiger partial charge in [-0.3, -0.25) is 9.59 Å². The Morgan fingerprint density at radius 1 is 1.19 bits per heavy atom. The number of carbonyl (C=O) groups is 2. The Hall–Kier alpha value is -2.67. The van der Waals surface area contributed by atoms with Crippen LogP contribution < -0.4 is 5.73 Å². The fraction of sp³-hybridized carbons (Fsp3) is 0.350. The molecular weight excluding hydrogens is 362 g/mol. The average molecular weight is 383 g/mol. The van der Waals surface area contributed by atoms with Crippen molar-refractivity contribution in [2.24, 2.45) is 11.7 Å². The summed E-state index contributed by atoms with van der Waals surface area (Å²) in [5.74, 6) is 1.08. The van der Waals surface area contributed by atoms with Crippen molar-refractivity contribution in [2.75, 3.05) is 13.1 Å². The quantitative estimate of drug-likeness (QED) is 0.728. The molecule has 0 saturated carbocycles. The van der Waals surface area contributed by atoms with Gasteiger partial charge in [0.1, 0.15) is 0 Å². The summed E-state index contributed by atoms with van der Waals surface area (Å²) in [7, 11) is 0. The number of thiazole rings is 1. The van der Waals surface area contributed by atoms with E-state index in [4.69, 9.17) is 10.2 Å². The van der Waals surface area contributed by atoms with Gasteiger partial charge in [-0.2, -0.15) is 0 Å². The van der Waals surface area contributed by atoms with E-state index in [1.807, 2.05) is 35.2 Å². The molecule has 4 rings (SSSR count). The van der Waals surface area contributed by atoms with Gasteiger partial charge >= 0.3 is 0 Å². The second-order valence-electron chi connectivity index (χ2n) is 6.89. The molecular formula is C20H21N3O3S. The summed E-state index contributed by atoms with van der Waals surface area (Å²) in [6.07, 6.45) is 3.01. The normalized spacial score (nSPS) is 15.3. The minimum absolute atomic E-state index is 0.0873. The molecule has 0 bridgehead atoms. The number of furan rings is 1. The van der Waals surface area contributed by atoms with E-state index in [0.717, 1.165) is 34.5 Å². The van der Waals surface area contributed by atoms with Crippen LogP contribution in [0, 0.1) is 5.92 Å². The summed E-state index contributed by atoms with van der Waals surface area (Å²) in [6, 6.07) is 11.5. The lowest BCUT2D eigenvalue weighted by Crippen LogP contribution is -2.38. The number of hydrogen-bond donors (Lipinski definition) is 1. The maximum atomic E-state index is 12.7. The number of nitrogens with two attached hydrogens (primary N) is 1. The largest absolute Gasteiger partial charge is 0.448 e. The van der Waals surface area contributed by atoms with Crippen LogP contribution in [0.1, 0.15) is 36.2 Å². The van der Waals surface area contributed by atoms with Gasteiger partial charge in [0.15, 0.2) is 16.5 Å². The number of likely N-dealkylation sites (tertiary alicyclic amines) is 1. The molecule has 27 heavy (non-hydrogen) atoms. The Kier molecular flexibility index (Phi) is 4.94. The number of nitrogens with zero attached hydrogens (tertiary/aromatic N) is 2. The number of hydrogen-bond acceptors (Lipinski definition) is 5. The van der Waals surface area contributed by atoms with E-state index in [9.17, 15) is 9.59 Å². The highest BCUT2D eigenvalue weighted by molar-refractivity contribution is 7.21. The first-order chi connectivity index (χ1) is 13.1. The van der Waals surface area contributed by atoms with Crippen molar-refractivity contribution < 1.29 is 14.0 Å². The van der Waals surface area contributed by atoms with Crippen LogP contribution in [-0.4, -0.2) is 34.8 Å². The van der Waals surface area contributed by atoms with Gasteiger partial charge in [0.05, 0.1) is 10.2 Å². The van der Waals surface area contributed by atoms with Crippen LogP contribution in [0.2, 0.25) is 0 Å². The number of aromatic nitrogens is 1. The molecule has 2 N–H and O–H groups in total. The van der Waals surface area contributed by atoms with Gasteiger partial charge < -0.3 is 15.1 Å². The molecule has 1 saturated heterocycles. The highest BCUT2D eigenvalue weighted by Crippen LogP contribution is 2.31. The summed E-state index contributed by atoms with van der Waals surface area (Å²) in [6.45, 7) is 1.36. The molecule has 140 valence electrons. The molecule has 0 spiro atoms. The summed E-state index contributed by atoms with van der Waals surface area (Å²) in [4.78, 5) is 30.0. The molecule has 1 fully saturated rings. The Morgan fingerprint density at radius 2 is 1.96 bits per heavy atom. The molecule has 0 aliphatic carbocycles. The van der Waals surface area contributed by atoms with Crippen LogP contribution in [0.5, 0.6) is 0 Å². The van der Waals surface area contributed by atoms with Crippen molar-refractivity contribution in [3.05, 3.63) is 42.2 Å². The number of piperidine rings is 1. The molecule has 2 amide bonds. The average Bonchev–Trinajstić information content (AvgIpc) is 3.33.